The minimum Gasteiger partial charge on any atom is -0.462 e. The van der Waals surface area contributed by atoms with E-state index in [0.29, 0.717) is 12.2 Å². The lowest BCUT2D eigenvalue weighted by molar-refractivity contribution is 0.0524. The summed E-state index contributed by atoms with van der Waals surface area (Å²) in [5, 5.41) is 0. The lowest BCUT2D eigenvalue weighted by Crippen LogP contribution is -2.15. The van der Waals surface area contributed by atoms with Crippen LogP contribution in [0.5, 0.6) is 0 Å². The van der Waals surface area contributed by atoms with E-state index in [0.717, 1.165) is 36.5 Å². The van der Waals surface area contributed by atoms with Crippen molar-refractivity contribution in [2.24, 2.45) is 0 Å². The Hall–Kier alpha value is -1.03. The van der Waals surface area contributed by atoms with Gasteiger partial charge in [-0.1, -0.05) is 13.3 Å². The highest BCUT2D eigenvalue weighted by Gasteiger charge is 2.19. The summed E-state index contributed by atoms with van der Waals surface area (Å²) >= 11 is 1.90. The van der Waals surface area contributed by atoms with Gasteiger partial charge in [0.2, 0.25) is 0 Å². The standard InChI is InChI=1S/C14H19NO2S/c1-3-5-13-11(14(16)17-4-2)8-10-9-18-7-6-12(10)15-13/h8H,3-7,9H2,1-2H3. The molecule has 0 aliphatic carbocycles. The zero-order valence-corrected chi connectivity index (χ0v) is 11.8. The maximum atomic E-state index is 12.0. The number of ether oxygens (including phenoxy) is 1. The number of aryl methyl sites for hydroxylation is 2. The number of aromatic nitrogens is 1. The fraction of sp³-hybridized carbons (Fsp3) is 0.571. The van der Waals surface area contributed by atoms with E-state index >= 15 is 0 Å². The van der Waals surface area contributed by atoms with Crippen molar-refractivity contribution in [2.75, 3.05) is 12.4 Å². The Labute approximate surface area is 112 Å². The molecule has 0 unspecified atom stereocenters. The third kappa shape index (κ3) is 2.86. The first kappa shape index (κ1) is 13.4. The van der Waals surface area contributed by atoms with Crippen molar-refractivity contribution in [3.05, 3.63) is 28.6 Å². The molecule has 0 saturated carbocycles. The van der Waals surface area contributed by atoms with Crippen LogP contribution in [-0.4, -0.2) is 23.3 Å². The molecule has 0 radical (unpaired) electrons. The van der Waals surface area contributed by atoms with E-state index in [1.807, 2.05) is 24.8 Å². The normalized spacial score (nSPS) is 14.1. The molecule has 18 heavy (non-hydrogen) atoms. The Morgan fingerprint density at radius 2 is 2.33 bits per heavy atom. The molecule has 1 aliphatic rings. The fourth-order valence-electron chi connectivity index (χ4n) is 2.14. The quantitative estimate of drug-likeness (QED) is 0.785. The highest BCUT2D eigenvalue weighted by Crippen LogP contribution is 2.26. The van der Waals surface area contributed by atoms with Crippen LogP contribution < -0.4 is 0 Å². The van der Waals surface area contributed by atoms with Crippen LogP contribution in [0.3, 0.4) is 0 Å². The van der Waals surface area contributed by atoms with Crippen LogP contribution in [0.4, 0.5) is 0 Å². The summed E-state index contributed by atoms with van der Waals surface area (Å²) in [7, 11) is 0. The molecule has 1 aromatic rings. The molecule has 0 amide bonds. The van der Waals surface area contributed by atoms with Crippen molar-refractivity contribution < 1.29 is 9.53 Å². The molecular formula is C14H19NO2S. The minimum atomic E-state index is -0.230. The number of esters is 1. The van der Waals surface area contributed by atoms with E-state index in [4.69, 9.17) is 9.72 Å². The van der Waals surface area contributed by atoms with E-state index in [1.54, 1.807) is 0 Å². The summed E-state index contributed by atoms with van der Waals surface area (Å²) in [6, 6.07) is 2.00. The highest BCUT2D eigenvalue weighted by molar-refractivity contribution is 7.98. The SMILES string of the molecule is CCCc1nc2c(cc1C(=O)OCC)CSCC2. The molecule has 98 valence electrons. The van der Waals surface area contributed by atoms with Gasteiger partial charge < -0.3 is 4.74 Å². The summed E-state index contributed by atoms with van der Waals surface area (Å²) in [6.45, 7) is 4.35. The van der Waals surface area contributed by atoms with Crippen LogP contribution in [0.15, 0.2) is 6.07 Å². The molecule has 2 rings (SSSR count). The summed E-state index contributed by atoms with van der Waals surface area (Å²) in [4.78, 5) is 16.6. The van der Waals surface area contributed by atoms with E-state index < -0.39 is 0 Å². The molecule has 4 heteroatoms. The van der Waals surface area contributed by atoms with Crippen molar-refractivity contribution in [2.45, 2.75) is 38.9 Å². The van der Waals surface area contributed by atoms with Gasteiger partial charge in [0, 0.05) is 11.4 Å². The Bertz CT molecular complexity index is 446. The Balaban J connectivity index is 2.38. The molecule has 0 aromatic carbocycles. The molecule has 3 nitrogen and oxygen atoms in total. The first-order valence-corrected chi connectivity index (χ1v) is 7.68. The van der Waals surface area contributed by atoms with E-state index in [-0.39, 0.29) is 5.97 Å². The summed E-state index contributed by atoms with van der Waals surface area (Å²) < 4.78 is 5.12. The molecular weight excluding hydrogens is 246 g/mol. The average molecular weight is 265 g/mol. The summed E-state index contributed by atoms with van der Waals surface area (Å²) in [5.74, 6) is 1.86. The average Bonchev–Trinajstić information content (AvgIpc) is 2.38. The number of rotatable bonds is 4. The Morgan fingerprint density at radius 1 is 1.50 bits per heavy atom. The minimum absolute atomic E-state index is 0.230. The highest BCUT2D eigenvalue weighted by atomic mass is 32.2. The molecule has 0 N–H and O–H groups in total. The first-order valence-electron chi connectivity index (χ1n) is 6.52. The lowest BCUT2D eigenvalue weighted by Gasteiger charge is -2.17. The van der Waals surface area contributed by atoms with Crippen molar-refractivity contribution in [3.8, 4) is 0 Å². The number of pyridine rings is 1. The summed E-state index contributed by atoms with van der Waals surface area (Å²) in [5.41, 5.74) is 3.95. The van der Waals surface area contributed by atoms with Gasteiger partial charge in [-0.3, -0.25) is 4.98 Å². The number of hydrogen-bond donors (Lipinski definition) is 0. The number of thioether (sulfide) groups is 1. The molecule has 0 atom stereocenters. The number of fused-ring (bicyclic) bond motifs is 1. The Kier molecular flexibility index (Phi) is 4.64. The number of nitrogens with zero attached hydrogens (tertiary/aromatic N) is 1. The van der Waals surface area contributed by atoms with Crippen LogP contribution in [0.1, 0.15) is 47.6 Å². The van der Waals surface area contributed by atoms with E-state index in [1.165, 1.54) is 11.3 Å². The zero-order valence-electron chi connectivity index (χ0n) is 11.0. The molecule has 0 fully saturated rings. The lowest BCUT2D eigenvalue weighted by atomic mass is 10.0. The molecule has 0 saturated heterocycles. The van der Waals surface area contributed by atoms with Crippen LogP contribution in [0.2, 0.25) is 0 Å². The topological polar surface area (TPSA) is 39.2 Å². The first-order chi connectivity index (χ1) is 8.76. The second-order valence-corrected chi connectivity index (χ2v) is 5.47. The second kappa shape index (κ2) is 6.23. The van der Waals surface area contributed by atoms with E-state index in [9.17, 15) is 4.79 Å². The molecule has 1 aromatic heterocycles. The van der Waals surface area contributed by atoms with Gasteiger partial charge in [0.05, 0.1) is 17.9 Å². The third-order valence-corrected chi connectivity index (χ3v) is 4.00. The monoisotopic (exact) mass is 265 g/mol. The second-order valence-electron chi connectivity index (χ2n) is 4.36. The number of carbonyl (C=O) groups excluding carboxylic acids is 1. The van der Waals surface area contributed by atoms with Gasteiger partial charge in [0.1, 0.15) is 0 Å². The summed E-state index contributed by atoms with van der Waals surface area (Å²) in [6.07, 6.45) is 2.85. The van der Waals surface area contributed by atoms with Crippen LogP contribution in [-0.2, 0) is 23.3 Å². The number of carbonyl (C=O) groups is 1. The van der Waals surface area contributed by atoms with Gasteiger partial charge in [-0.15, -0.1) is 0 Å². The van der Waals surface area contributed by atoms with Crippen LogP contribution in [0.25, 0.3) is 0 Å². The smallest absolute Gasteiger partial charge is 0.339 e. The third-order valence-electron chi connectivity index (χ3n) is 2.99. The van der Waals surface area contributed by atoms with Crippen molar-refractivity contribution >= 4 is 17.7 Å². The van der Waals surface area contributed by atoms with E-state index in [2.05, 4.69) is 6.92 Å². The molecule has 2 heterocycles. The van der Waals surface area contributed by atoms with Crippen molar-refractivity contribution in [3.63, 3.8) is 0 Å². The number of hydrogen-bond acceptors (Lipinski definition) is 4. The van der Waals surface area contributed by atoms with Crippen LogP contribution in [0, 0.1) is 0 Å². The fourth-order valence-corrected chi connectivity index (χ4v) is 3.09. The van der Waals surface area contributed by atoms with Gasteiger partial charge >= 0.3 is 5.97 Å². The molecule has 1 aliphatic heterocycles. The zero-order chi connectivity index (χ0) is 13.0. The van der Waals surface area contributed by atoms with Crippen LogP contribution >= 0.6 is 11.8 Å². The molecule has 0 spiro atoms. The van der Waals surface area contributed by atoms with Gasteiger partial charge in [-0.25, -0.2) is 4.79 Å². The van der Waals surface area contributed by atoms with Gasteiger partial charge in [0.25, 0.3) is 0 Å². The van der Waals surface area contributed by atoms with Crippen molar-refractivity contribution in [1.82, 2.24) is 4.98 Å². The van der Waals surface area contributed by atoms with Crippen molar-refractivity contribution in [1.29, 1.82) is 0 Å². The van der Waals surface area contributed by atoms with Gasteiger partial charge in [0.15, 0.2) is 0 Å². The predicted molar refractivity (Wildman–Crippen MR) is 74.1 cm³/mol. The molecule has 0 bridgehead atoms. The predicted octanol–water partition coefficient (Wildman–Crippen LogP) is 3.00. The maximum absolute atomic E-state index is 12.0. The maximum Gasteiger partial charge on any atom is 0.339 e. The van der Waals surface area contributed by atoms with Gasteiger partial charge in [-0.05, 0) is 37.1 Å². The van der Waals surface area contributed by atoms with Gasteiger partial charge in [-0.2, -0.15) is 11.8 Å². The Morgan fingerprint density at radius 3 is 3.06 bits per heavy atom. The largest absolute Gasteiger partial charge is 0.462 e.